The fourth-order valence-corrected chi connectivity index (χ4v) is 2.60. The van der Waals surface area contributed by atoms with Crippen LogP contribution in [0, 0.1) is 0 Å². The zero-order chi connectivity index (χ0) is 20.5. The van der Waals surface area contributed by atoms with Gasteiger partial charge in [0, 0.05) is 11.4 Å². The SMILES string of the molecule is C[C@H](NC(=O)[C@H](Cc1ccccc1Cl)NC(=O)OCc1ccccc1)C(N)=O. The van der Waals surface area contributed by atoms with Crippen molar-refractivity contribution in [3.8, 4) is 0 Å². The molecule has 0 bridgehead atoms. The molecule has 0 unspecified atom stereocenters. The zero-order valence-corrected chi connectivity index (χ0v) is 16.1. The molecular weight excluding hydrogens is 382 g/mol. The Balaban J connectivity index is 2.06. The molecule has 2 aromatic rings. The maximum Gasteiger partial charge on any atom is 0.408 e. The number of nitrogens with two attached hydrogens (primary N) is 1. The number of ether oxygens (including phenoxy) is 1. The van der Waals surface area contributed by atoms with Gasteiger partial charge < -0.3 is 21.1 Å². The van der Waals surface area contributed by atoms with E-state index in [0.29, 0.717) is 10.6 Å². The van der Waals surface area contributed by atoms with Crippen molar-refractivity contribution in [1.82, 2.24) is 10.6 Å². The van der Waals surface area contributed by atoms with Crippen molar-refractivity contribution in [2.24, 2.45) is 5.73 Å². The van der Waals surface area contributed by atoms with Crippen molar-refractivity contribution in [2.45, 2.75) is 32.0 Å². The molecule has 0 heterocycles. The van der Waals surface area contributed by atoms with Crippen molar-refractivity contribution in [2.75, 3.05) is 0 Å². The van der Waals surface area contributed by atoms with Crippen molar-refractivity contribution < 1.29 is 19.1 Å². The van der Waals surface area contributed by atoms with Gasteiger partial charge in [0.05, 0.1) is 0 Å². The highest BCUT2D eigenvalue weighted by Gasteiger charge is 2.25. The van der Waals surface area contributed by atoms with Gasteiger partial charge in [-0.25, -0.2) is 4.79 Å². The maximum atomic E-state index is 12.6. The summed E-state index contributed by atoms with van der Waals surface area (Å²) in [4.78, 5) is 36.0. The van der Waals surface area contributed by atoms with E-state index in [1.807, 2.05) is 30.3 Å². The highest BCUT2D eigenvalue weighted by molar-refractivity contribution is 6.31. The van der Waals surface area contributed by atoms with Crippen LogP contribution in [-0.2, 0) is 27.4 Å². The first-order chi connectivity index (χ1) is 13.4. The van der Waals surface area contributed by atoms with E-state index in [1.54, 1.807) is 24.3 Å². The first-order valence-corrected chi connectivity index (χ1v) is 9.05. The molecular formula is C20H22ClN3O4. The third-order valence-corrected chi connectivity index (χ3v) is 4.36. The summed E-state index contributed by atoms with van der Waals surface area (Å²) in [6.45, 7) is 1.52. The molecule has 0 radical (unpaired) electrons. The second-order valence-corrected chi connectivity index (χ2v) is 6.59. The van der Waals surface area contributed by atoms with Crippen LogP contribution < -0.4 is 16.4 Å². The molecule has 0 spiro atoms. The summed E-state index contributed by atoms with van der Waals surface area (Å²) in [5.74, 6) is -1.25. The van der Waals surface area contributed by atoms with Gasteiger partial charge in [-0.3, -0.25) is 9.59 Å². The van der Waals surface area contributed by atoms with Crippen molar-refractivity contribution in [1.29, 1.82) is 0 Å². The molecule has 0 saturated heterocycles. The van der Waals surface area contributed by atoms with Gasteiger partial charge in [0.1, 0.15) is 18.7 Å². The number of hydrogen-bond acceptors (Lipinski definition) is 4. The Hall–Kier alpha value is -3.06. The monoisotopic (exact) mass is 403 g/mol. The predicted octanol–water partition coefficient (Wildman–Crippen LogP) is 2.17. The fraction of sp³-hybridized carbons (Fsp3) is 0.250. The van der Waals surface area contributed by atoms with E-state index in [2.05, 4.69) is 10.6 Å². The van der Waals surface area contributed by atoms with Gasteiger partial charge in [-0.1, -0.05) is 60.1 Å². The Morgan fingerprint density at radius 2 is 1.68 bits per heavy atom. The zero-order valence-electron chi connectivity index (χ0n) is 15.4. The summed E-state index contributed by atoms with van der Waals surface area (Å²) in [5.41, 5.74) is 6.67. The molecule has 0 fully saturated rings. The highest BCUT2D eigenvalue weighted by atomic mass is 35.5. The number of carbonyl (C=O) groups is 3. The number of nitrogens with one attached hydrogen (secondary N) is 2. The van der Waals surface area contributed by atoms with Gasteiger partial charge in [0.15, 0.2) is 0 Å². The molecule has 28 heavy (non-hydrogen) atoms. The summed E-state index contributed by atoms with van der Waals surface area (Å²) in [7, 11) is 0. The second-order valence-electron chi connectivity index (χ2n) is 6.19. The van der Waals surface area contributed by atoms with Crippen LogP contribution in [0.4, 0.5) is 4.79 Å². The first kappa shape index (κ1) is 21.2. The smallest absolute Gasteiger partial charge is 0.408 e. The van der Waals surface area contributed by atoms with Crippen LogP contribution in [0.15, 0.2) is 54.6 Å². The lowest BCUT2D eigenvalue weighted by molar-refractivity contribution is -0.128. The van der Waals surface area contributed by atoms with Gasteiger partial charge in [-0.2, -0.15) is 0 Å². The molecule has 3 amide bonds. The lowest BCUT2D eigenvalue weighted by Gasteiger charge is -2.20. The minimum atomic E-state index is -0.995. The van der Waals surface area contributed by atoms with Gasteiger partial charge in [0.2, 0.25) is 11.8 Å². The molecule has 7 nitrogen and oxygen atoms in total. The average Bonchev–Trinajstić information content (AvgIpc) is 2.68. The maximum absolute atomic E-state index is 12.6. The second kappa shape index (κ2) is 10.3. The van der Waals surface area contributed by atoms with Crippen LogP contribution in [0.2, 0.25) is 5.02 Å². The molecule has 0 aliphatic carbocycles. The van der Waals surface area contributed by atoms with Crippen LogP contribution in [0.5, 0.6) is 0 Å². The van der Waals surface area contributed by atoms with E-state index in [-0.39, 0.29) is 13.0 Å². The minimum Gasteiger partial charge on any atom is -0.445 e. The number of alkyl carbamates (subject to hydrolysis) is 1. The third kappa shape index (κ3) is 6.59. The summed E-state index contributed by atoms with van der Waals surface area (Å²) in [5, 5.41) is 5.46. The molecule has 8 heteroatoms. The Kier molecular flexibility index (Phi) is 7.83. The molecule has 2 atom stereocenters. The molecule has 148 valence electrons. The number of amides is 3. The number of benzene rings is 2. The lowest BCUT2D eigenvalue weighted by Crippen LogP contribution is -2.52. The molecule has 0 aliphatic rings. The topological polar surface area (TPSA) is 111 Å². The number of halogens is 1. The van der Waals surface area contributed by atoms with E-state index in [1.165, 1.54) is 6.92 Å². The summed E-state index contributed by atoms with van der Waals surface area (Å²) in [6.07, 6.45) is -0.639. The van der Waals surface area contributed by atoms with E-state index in [9.17, 15) is 14.4 Å². The van der Waals surface area contributed by atoms with Gasteiger partial charge in [-0.15, -0.1) is 0 Å². The predicted molar refractivity (Wildman–Crippen MR) is 106 cm³/mol. The number of primary amides is 1. The largest absolute Gasteiger partial charge is 0.445 e. The van der Waals surface area contributed by atoms with Gasteiger partial charge in [0.25, 0.3) is 0 Å². The number of carbonyl (C=O) groups excluding carboxylic acids is 3. The normalized spacial score (nSPS) is 12.5. The van der Waals surface area contributed by atoms with Gasteiger partial charge in [-0.05, 0) is 24.1 Å². The Morgan fingerprint density at radius 3 is 2.32 bits per heavy atom. The van der Waals surface area contributed by atoms with Crippen LogP contribution in [0.1, 0.15) is 18.1 Å². The molecule has 2 aromatic carbocycles. The Bertz CT molecular complexity index is 829. The van der Waals surface area contributed by atoms with Crippen LogP contribution in [0.25, 0.3) is 0 Å². The standard InChI is InChI=1S/C20H22ClN3O4/c1-13(18(22)25)23-19(26)17(11-15-9-5-6-10-16(15)21)24-20(27)28-12-14-7-3-2-4-8-14/h2-10,13,17H,11-12H2,1H3,(H2,22,25)(H,23,26)(H,24,27)/t13-,17-/m0/s1. The van der Waals surface area contributed by atoms with Gasteiger partial charge >= 0.3 is 6.09 Å². The summed E-state index contributed by atoms with van der Waals surface area (Å²) >= 11 is 6.16. The third-order valence-electron chi connectivity index (χ3n) is 3.99. The van der Waals surface area contributed by atoms with E-state index in [0.717, 1.165) is 5.56 Å². The van der Waals surface area contributed by atoms with Crippen molar-refractivity contribution >= 4 is 29.5 Å². The van der Waals surface area contributed by atoms with E-state index >= 15 is 0 Å². The molecule has 0 saturated carbocycles. The summed E-state index contributed by atoms with van der Waals surface area (Å²) in [6, 6.07) is 14.2. The Labute approximate surface area is 168 Å². The quantitative estimate of drug-likeness (QED) is 0.627. The van der Waals surface area contributed by atoms with Crippen LogP contribution >= 0.6 is 11.6 Å². The minimum absolute atomic E-state index is 0.0603. The number of hydrogen-bond donors (Lipinski definition) is 3. The summed E-state index contributed by atoms with van der Waals surface area (Å²) < 4.78 is 5.17. The highest BCUT2D eigenvalue weighted by Crippen LogP contribution is 2.17. The number of rotatable bonds is 8. The fourth-order valence-electron chi connectivity index (χ4n) is 2.39. The first-order valence-electron chi connectivity index (χ1n) is 8.67. The molecule has 2 rings (SSSR count). The molecule has 0 aliphatic heterocycles. The van der Waals surface area contributed by atoms with Crippen molar-refractivity contribution in [3.05, 3.63) is 70.7 Å². The van der Waals surface area contributed by atoms with Crippen LogP contribution in [0.3, 0.4) is 0 Å². The molecule has 0 aromatic heterocycles. The molecule has 4 N–H and O–H groups in total. The average molecular weight is 404 g/mol. The van der Waals surface area contributed by atoms with E-state index < -0.39 is 30.0 Å². The Morgan fingerprint density at radius 1 is 1.04 bits per heavy atom. The van der Waals surface area contributed by atoms with Crippen molar-refractivity contribution in [3.63, 3.8) is 0 Å². The lowest BCUT2D eigenvalue weighted by atomic mass is 10.0. The van der Waals surface area contributed by atoms with Crippen LogP contribution in [-0.4, -0.2) is 30.0 Å². The van der Waals surface area contributed by atoms with E-state index in [4.69, 9.17) is 22.1 Å².